The van der Waals surface area contributed by atoms with E-state index in [1.165, 1.54) is 0 Å². The van der Waals surface area contributed by atoms with Crippen LogP contribution in [0.1, 0.15) is 25.0 Å². The van der Waals surface area contributed by atoms with Crippen LogP contribution in [0.5, 0.6) is 0 Å². The Bertz CT molecular complexity index is 657. The molecule has 6 heteroatoms. The zero-order valence-electron chi connectivity index (χ0n) is 12.5. The molecule has 1 amide bonds. The van der Waals surface area contributed by atoms with Crippen LogP contribution in [0.25, 0.3) is 11.0 Å². The fraction of sp³-hybridized carbons (Fsp3) is 0.533. The van der Waals surface area contributed by atoms with Crippen molar-refractivity contribution < 1.29 is 4.79 Å². The number of pyridine rings is 1. The molecule has 0 spiro atoms. The lowest BCUT2D eigenvalue weighted by Crippen LogP contribution is -2.30. The lowest BCUT2D eigenvalue weighted by atomic mass is 9.94. The first kappa shape index (κ1) is 14.0. The van der Waals surface area contributed by atoms with E-state index in [4.69, 9.17) is 0 Å². The van der Waals surface area contributed by atoms with Gasteiger partial charge in [-0.25, -0.2) is 4.98 Å². The number of aryl methyl sites for hydroxylation is 2. The van der Waals surface area contributed by atoms with E-state index in [1.807, 2.05) is 20.0 Å². The van der Waals surface area contributed by atoms with Crippen molar-refractivity contribution in [1.82, 2.24) is 20.1 Å². The van der Waals surface area contributed by atoms with Crippen molar-refractivity contribution in [3.63, 3.8) is 0 Å². The molecule has 0 radical (unpaired) electrons. The molecule has 2 N–H and O–H groups in total. The van der Waals surface area contributed by atoms with Gasteiger partial charge in [-0.05, 0) is 44.8 Å². The molecule has 3 rings (SSSR count). The maximum atomic E-state index is 12.1. The highest BCUT2D eigenvalue weighted by atomic mass is 16.1. The summed E-state index contributed by atoms with van der Waals surface area (Å²) in [6.45, 7) is 3.98. The fourth-order valence-electron chi connectivity index (χ4n) is 2.94. The summed E-state index contributed by atoms with van der Waals surface area (Å²) in [6, 6.07) is 1.95. The van der Waals surface area contributed by atoms with Crippen LogP contribution in [-0.2, 0) is 11.8 Å². The van der Waals surface area contributed by atoms with Gasteiger partial charge in [0, 0.05) is 18.9 Å². The van der Waals surface area contributed by atoms with E-state index >= 15 is 0 Å². The standard InChI is InChI=1S/C15H21N5O/c1-10-13-8-12(9-17-15(13)20(2)19-10)18-14(21)7-11-3-5-16-6-4-11/h8-9,11,16H,3-7H2,1-2H3,(H,18,21). The summed E-state index contributed by atoms with van der Waals surface area (Å²) in [6.07, 6.45) is 4.44. The van der Waals surface area contributed by atoms with Gasteiger partial charge in [0.15, 0.2) is 5.65 Å². The number of nitrogens with zero attached hydrogens (tertiary/aromatic N) is 3. The van der Waals surface area contributed by atoms with Crippen LogP contribution in [0, 0.1) is 12.8 Å². The average Bonchev–Trinajstić information content (AvgIpc) is 2.74. The zero-order valence-corrected chi connectivity index (χ0v) is 12.5. The van der Waals surface area contributed by atoms with Gasteiger partial charge in [-0.3, -0.25) is 9.48 Å². The third-order valence-electron chi connectivity index (χ3n) is 4.08. The highest BCUT2D eigenvalue weighted by Gasteiger charge is 2.17. The number of carbonyl (C=O) groups is 1. The SMILES string of the molecule is Cc1nn(C)c2ncc(NC(=O)CC3CCNCC3)cc12. The molecule has 0 aromatic carbocycles. The van der Waals surface area contributed by atoms with Crippen LogP contribution >= 0.6 is 0 Å². The summed E-state index contributed by atoms with van der Waals surface area (Å²) in [5, 5.41) is 11.6. The largest absolute Gasteiger partial charge is 0.325 e. The summed E-state index contributed by atoms with van der Waals surface area (Å²) in [7, 11) is 1.87. The van der Waals surface area contributed by atoms with Crippen molar-refractivity contribution in [2.24, 2.45) is 13.0 Å². The molecular weight excluding hydrogens is 266 g/mol. The Morgan fingerprint density at radius 3 is 3.00 bits per heavy atom. The van der Waals surface area contributed by atoms with Crippen LogP contribution < -0.4 is 10.6 Å². The first-order valence-electron chi connectivity index (χ1n) is 7.43. The second-order valence-corrected chi connectivity index (χ2v) is 5.75. The van der Waals surface area contributed by atoms with E-state index in [1.54, 1.807) is 10.9 Å². The molecule has 3 heterocycles. The number of hydrogen-bond acceptors (Lipinski definition) is 4. The quantitative estimate of drug-likeness (QED) is 0.899. The highest BCUT2D eigenvalue weighted by Crippen LogP contribution is 2.21. The maximum absolute atomic E-state index is 12.1. The van der Waals surface area contributed by atoms with Gasteiger partial charge in [-0.2, -0.15) is 5.10 Å². The van der Waals surface area contributed by atoms with E-state index in [0.29, 0.717) is 12.3 Å². The number of nitrogens with one attached hydrogen (secondary N) is 2. The van der Waals surface area contributed by atoms with Gasteiger partial charge >= 0.3 is 0 Å². The monoisotopic (exact) mass is 287 g/mol. The number of piperidine rings is 1. The van der Waals surface area contributed by atoms with E-state index in [2.05, 4.69) is 20.7 Å². The lowest BCUT2D eigenvalue weighted by Gasteiger charge is -2.21. The Balaban J connectivity index is 1.69. The third-order valence-corrected chi connectivity index (χ3v) is 4.08. The zero-order chi connectivity index (χ0) is 14.8. The average molecular weight is 287 g/mol. The first-order valence-corrected chi connectivity index (χ1v) is 7.43. The van der Waals surface area contributed by atoms with Crippen molar-refractivity contribution in [1.29, 1.82) is 0 Å². The summed E-state index contributed by atoms with van der Waals surface area (Å²) >= 11 is 0. The number of rotatable bonds is 3. The van der Waals surface area contributed by atoms with Crippen molar-refractivity contribution in [2.75, 3.05) is 18.4 Å². The van der Waals surface area contributed by atoms with E-state index in [0.717, 1.165) is 48.3 Å². The van der Waals surface area contributed by atoms with Gasteiger partial charge in [-0.1, -0.05) is 0 Å². The molecule has 2 aromatic rings. The van der Waals surface area contributed by atoms with Gasteiger partial charge in [0.2, 0.25) is 5.91 Å². The minimum atomic E-state index is 0.0737. The predicted octanol–water partition coefficient (Wildman–Crippen LogP) is 1.60. The Morgan fingerprint density at radius 1 is 1.48 bits per heavy atom. The topological polar surface area (TPSA) is 71.8 Å². The van der Waals surface area contributed by atoms with Crippen LogP contribution in [-0.4, -0.2) is 33.8 Å². The molecule has 1 aliphatic rings. The van der Waals surface area contributed by atoms with E-state index in [-0.39, 0.29) is 5.91 Å². The molecule has 6 nitrogen and oxygen atoms in total. The molecule has 1 fully saturated rings. The lowest BCUT2D eigenvalue weighted by molar-refractivity contribution is -0.117. The molecule has 2 aromatic heterocycles. The second-order valence-electron chi connectivity index (χ2n) is 5.75. The smallest absolute Gasteiger partial charge is 0.224 e. The Morgan fingerprint density at radius 2 is 2.24 bits per heavy atom. The second kappa shape index (κ2) is 5.81. The van der Waals surface area contributed by atoms with Crippen molar-refractivity contribution >= 4 is 22.6 Å². The number of hydrogen-bond donors (Lipinski definition) is 2. The van der Waals surface area contributed by atoms with Gasteiger partial charge in [0.1, 0.15) is 0 Å². The van der Waals surface area contributed by atoms with Gasteiger partial charge < -0.3 is 10.6 Å². The summed E-state index contributed by atoms with van der Waals surface area (Å²) < 4.78 is 1.76. The van der Waals surface area contributed by atoms with Gasteiger partial charge in [0.05, 0.1) is 17.6 Å². The van der Waals surface area contributed by atoms with Crippen LogP contribution in [0.4, 0.5) is 5.69 Å². The van der Waals surface area contributed by atoms with Crippen LogP contribution in [0.2, 0.25) is 0 Å². The Kier molecular flexibility index (Phi) is 3.88. The van der Waals surface area contributed by atoms with Crippen molar-refractivity contribution in [3.05, 3.63) is 18.0 Å². The van der Waals surface area contributed by atoms with Gasteiger partial charge in [0.25, 0.3) is 0 Å². The third kappa shape index (κ3) is 3.05. The van der Waals surface area contributed by atoms with Gasteiger partial charge in [-0.15, -0.1) is 0 Å². The number of anilines is 1. The molecule has 0 atom stereocenters. The number of amides is 1. The Hall–Kier alpha value is -1.95. The number of carbonyl (C=O) groups excluding carboxylic acids is 1. The van der Waals surface area contributed by atoms with E-state index < -0.39 is 0 Å². The maximum Gasteiger partial charge on any atom is 0.224 e. The molecule has 1 saturated heterocycles. The van der Waals surface area contributed by atoms with Crippen molar-refractivity contribution in [2.45, 2.75) is 26.2 Å². The molecule has 21 heavy (non-hydrogen) atoms. The summed E-state index contributed by atoms with van der Waals surface area (Å²) in [5.41, 5.74) is 2.51. The fourth-order valence-corrected chi connectivity index (χ4v) is 2.94. The predicted molar refractivity (Wildman–Crippen MR) is 82.1 cm³/mol. The summed E-state index contributed by atoms with van der Waals surface area (Å²) in [5.74, 6) is 0.563. The molecule has 0 bridgehead atoms. The van der Waals surface area contributed by atoms with E-state index in [9.17, 15) is 4.79 Å². The van der Waals surface area contributed by atoms with Crippen molar-refractivity contribution in [3.8, 4) is 0 Å². The number of aromatic nitrogens is 3. The Labute approximate surface area is 123 Å². The molecule has 1 aliphatic heterocycles. The molecule has 0 aliphatic carbocycles. The number of fused-ring (bicyclic) bond motifs is 1. The summed E-state index contributed by atoms with van der Waals surface area (Å²) in [4.78, 5) is 16.5. The molecule has 0 saturated carbocycles. The normalized spacial score (nSPS) is 16.3. The van der Waals surface area contributed by atoms with Crippen LogP contribution in [0.3, 0.4) is 0 Å². The van der Waals surface area contributed by atoms with Crippen LogP contribution in [0.15, 0.2) is 12.3 Å². The molecule has 0 unspecified atom stereocenters. The first-order chi connectivity index (χ1) is 10.1. The minimum absolute atomic E-state index is 0.0737. The molecule has 112 valence electrons. The highest BCUT2D eigenvalue weighted by molar-refractivity contribution is 5.93. The minimum Gasteiger partial charge on any atom is -0.325 e. The molecular formula is C15H21N5O.